The lowest BCUT2D eigenvalue weighted by Gasteiger charge is -2.19. The molecule has 0 amide bonds. The molecule has 1 saturated heterocycles. The zero-order valence-corrected chi connectivity index (χ0v) is 27.3. The second-order valence-corrected chi connectivity index (χ2v) is 12.4. The summed E-state index contributed by atoms with van der Waals surface area (Å²) in [5.41, 5.74) is 11.7. The fraction of sp³-hybridized carbons (Fsp3) is 0.417. The van der Waals surface area contributed by atoms with Crippen LogP contribution in [0.3, 0.4) is 0 Å². The first-order valence-corrected chi connectivity index (χ1v) is 15.8. The normalized spacial score (nSPS) is 24.3. The Balaban J connectivity index is 1.68. The predicted octanol–water partition coefficient (Wildman–Crippen LogP) is 4.37. The largest absolute Gasteiger partial charge is 0.468 e. The van der Waals surface area contributed by atoms with Gasteiger partial charge in [0.05, 0.1) is 19.4 Å². The SMILES string of the molecule is CCOC(=O)CC[C@@H]1/C2=C3/c4[nH]c(c(C)c4C(=O)[C@@H]3C(=O)OC)/C=c3\[nH]/c(c(C)c3CC)=C\c3[nH]c(c(C)c3C)/C=C(\N2)[C@H]1C. The van der Waals surface area contributed by atoms with Crippen LogP contribution in [0, 0.1) is 45.4 Å². The van der Waals surface area contributed by atoms with Gasteiger partial charge in [0.2, 0.25) is 0 Å². The predicted molar refractivity (Wildman–Crippen MR) is 173 cm³/mol. The molecule has 45 heavy (non-hydrogen) atoms. The Labute approximate surface area is 262 Å². The highest BCUT2D eigenvalue weighted by atomic mass is 16.5. The maximum atomic E-state index is 14.1. The van der Waals surface area contributed by atoms with Crippen LogP contribution in [0.15, 0.2) is 11.4 Å². The summed E-state index contributed by atoms with van der Waals surface area (Å²) in [4.78, 5) is 50.8. The van der Waals surface area contributed by atoms with Crippen LogP contribution in [0.5, 0.6) is 0 Å². The van der Waals surface area contributed by atoms with Crippen LogP contribution >= 0.6 is 0 Å². The minimum absolute atomic E-state index is 0.0347. The molecule has 6 rings (SSSR count). The van der Waals surface area contributed by atoms with Gasteiger partial charge in [-0.2, -0.15) is 0 Å². The Morgan fingerprint density at radius 1 is 0.867 bits per heavy atom. The van der Waals surface area contributed by atoms with Crippen molar-refractivity contribution in [2.24, 2.45) is 17.8 Å². The Morgan fingerprint density at radius 3 is 2.20 bits per heavy atom. The molecule has 3 aliphatic rings. The number of allylic oxidation sites excluding steroid dienone is 2. The number of H-pyrrole nitrogens is 3. The number of Topliss-reactive ketones (excluding diaryl/α,β-unsaturated/α-hetero) is 1. The molecule has 0 spiro atoms. The van der Waals surface area contributed by atoms with Crippen LogP contribution in [0.1, 0.15) is 94.6 Å². The number of hydrogen-bond donors (Lipinski definition) is 4. The summed E-state index contributed by atoms with van der Waals surface area (Å²) in [6.45, 7) is 14.7. The quantitative estimate of drug-likeness (QED) is 0.242. The molecule has 2 aliphatic heterocycles. The van der Waals surface area contributed by atoms with E-state index in [2.05, 4.69) is 73.1 Å². The number of rotatable bonds is 6. The molecule has 4 N–H and O–H groups in total. The summed E-state index contributed by atoms with van der Waals surface area (Å²) in [5, 5.41) is 5.65. The Kier molecular flexibility index (Phi) is 7.75. The number of carbonyl (C=O) groups is 3. The van der Waals surface area contributed by atoms with Crippen molar-refractivity contribution in [3.05, 3.63) is 78.2 Å². The molecule has 5 heterocycles. The van der Waals surface area contributed by atoms with Crippen molar-refractivity contribution in [2.75, 3.05) is 13.7 Å². The molecule has 9 heteroatoms. The van der Waals surface area contributed by atoms with Crippen molar-refractivity contribution in [2.45, 2.75) is 67.7 Å². The lowest BCUT2D eigenvalue weighted by molar-refractivity contribution is -0.143. The summed E-state index contributed by atoms with van der Waals surface area (Å²) < 4.78 is 10.5. The smallest absolute Gasteiger partial charge is 0.321 e. The third-order valence-corrected chi connectivity index (χ3v) is 10.1. The summed E-state index contributed by atoms with van der Waals surface area (Å²) >= 11 is 0. The van der Waals surface area contributed by atoms with Gasteiger partial charge in [-0.1, -0.05) is 13.8 Å². The fourth-order valence-electron chi connectivity index (χ4n) is 7.36. The molecule has 1 fully saturated rings. The molecule has 1 aliphatic carbocycles. The van der Waals surface area contributed by atoms with Crippen molar-refractivity contribution in [1.29, 1.82) is 0 Å². The molecular weight excluding hydrogens is 568 g/mol. The standard InChI is InChI=1S/C36H42N4O5/c1-9-21-18(5)25-13-23-16(3)17(4)24(37-23)14-26-19(6)22(11-12-29(41)45-10-2)33(39-26)31-32(36(43)44-8)35(42)30-20(7)27(40-34(30)31)15-28(21)38-25/h13-15,19,22,32,37-40H,9-12H2,1-8H3/b25-13-,26-14-,28-15-,33-31-/t19-,22-,32+/m0/s1. The Morgan fingerprint density at radius 2 is 1.53 bits per heavy atom. The van der Waals surface area contributed by atoms with Gasteiger partial charge >= 0.3 is 11.9 Å². The molecule has 3 aromatic rings. The molecule has 8 bridgehead atoms. The average Bonchev–Trinajstić information content (AvgIpc) is 3.74. The molecule has 236 valence electrons. The van der Waals surface area contributed by atoms with Crippen LogP contribution in [0.4, 0.5) is 0 Å². The number of carbonyl (C=O) groups excluding carboxylic acids is 3. The maximum Gasteiger partial charge on any atom is 0.321 e. The second-order valence-electron chi connectivity index (χ2n) is 12.4. The summed E-state index contributed by atoms with van der Waals surface area (Å²) in [5.74, 6) is -2.46. The number of esters is 2. The molecule has 0 saturated carbocycles. The van der Waals surface area contributed by atoms with Gasteiger partial charge in [0.1, 0.15) is 5.92 Å². The average molecular weight is 611 g/mol. The third kappa shape index (κ3) is 4.80. The molecule has 9 nitrogen and oxygen atoms in total. The van der Waals surface area contributed by atoms with Gasteiger partial charge in [0.25, 0.3) is 0 Å². The second kappa shape index (κ2) is 11.4. The first kappa shape index (κ1) is 30.5. The van der Waals surface area contributed by atoms with Crippen molar-refractivity contribution >= 4 is 41.5 Å². The van der Waals surface area contributed by atoms with Crippen LogP contribution in [-0.4, -0.2) is 46.4 Å². The van der Waals surface area contributed by atoms with Crippen molar-refractivity contribution < 1.29 is 23.9 Å². The van der Waals surface area contributed by atoms with Crippen molar-refractivity contribution in [1.82, 2.24) is 20.3 Å². The van der Waals surface area contributed by atoms with E-state index in [0.717, 1.165) is 62.3 Å². The third-order valence-electron chi connectivity index (χ3n) is 10.1. The number of fused-ring (bicyclic) bond motifs is 7. The van der Waals surface area contributed by atoms with Crippen LogP contribution < -0.4 is 16.0 Å². The van der Waals surface area contributed by atoms with Gasteiger partial charge in [-0.3, -0.25) is 14.4 Å². The summed E-state index contributed by atoms with van der Waals surface area (Å²) in [6, 6.07) is 0. The summed E-state index contributed by atoms with van der Waals surface area (Å²) in [7, 11) is 1.31. The molecule has 3 atom stereocenters. The highest BCUT2D eigenvalue weighted by molar-refractivity contribution is 6.24. The number of ether oxygens (including phenoxy) is 2. The zero-order chi connectivity index (χ0) is 32.3. The van der Waals surface area contributed by atoms with E-state index in [1.807, 2.05) is 6.92 Å². The van der Waals surface area contributed by atoms with E-state index in [-0.39, 0.29) is 30.0 Å². The summed E-state index contributed by atoms with van der Waals surface area (Å²) in [6.07, 6.45) is 7.91. The van der Waals surface area contributed by atoms with Gasteiger partial charge in [0.15, 0.2) is 5.78 Å². The molecular formula is C36H42N4O5. The highest BCUT2D eigenvalue weighted by Gasteiger charge is 2.48. The topological polar surface area (TPSA) is 129 Å². The lowest BCUT2D eigenvalue weighted by Crippen LogP contribution is -2.25. The molecule has 0 unspecified atom stereocenters. The number of methoxy groups -OCH3 is 1. The number of aromatic amines is 3. The monoisotopic (exact) mass is 610 g/mol. The number of nitrogens with one attached hydrogen (secondary N) is 4. The fourth-order valence-corrected chi connectivity index (χ4v) is 7.36. The van der Waals surface area contributed by atoms with Crippen LogP contribution in [0.25, 0.3) is 23.8 Å². The highest BCUT2D eigenvalue weighted by Crippen LogP contribution is 2.48. The zero-order valence-electron chi connectivity index (χ0n) is 27.3. The van der Waals surface area contributed by atoms with Gasteiger partial charge < -0.3 is 29.7 Å². The minimum atomic E-state index is -1.11. The van der Waals surface area contributed by atoms with E-state index in [4.69, 9.17) is 9.47 Å². The lowest BCUT2D eigenvalue weighted by atomic mass is 9.85. The van der Waals surface area contributed by atoms with E-state index in [9.17, 15) is 14.4 Å². The van der Waals surface area contributed by atoms with Crippen LogP contribution in [0.2, 0.25) is 0 Å². The Bertz CT molecular complexity index is 1950. The van der Waals surface area contributed by atoms with Crippen molar-refractivity contribution in [3.8, 4) is 0 Å². The first-order chi connectivity index (χ1) is 21.5. The van der Waals surface area contributed by atoms with E-state index >= 15 is 0 Å². The maximum absolute atomic E-state index is 14.1. The van der Waals surface area contributed by atoms with E-state index in [0.29, 0.717) is 29.9 Å². The number of ketones is 1. The van der Waals surface area contributed by atoms with Crippen molar-refractivity contribution in [3.63, 3.8) is 0 Å². The van der Waals surface area contributed by atoms with Crippen LogP contribution in [-0.2, 0) is 25.5 Å². The van der Waals surface area contributed by atoms with Gasteiger partial charge in [-0.05, 0) is 93.5 Å². The van der Waals surface area contributed by atoms with Gasteiger partial charge in [0, 0.05) is 68.6 Å². The minimum Gasteiger partial charge on any atom is -0.468 e. The molecule has 3 aromatic heterocycles. The number of hydrogen-bond acceptors (Lipinski definition) is 6. The number of aromatic nitrogens is 3. The first-order valence-electron chi connectivity index (χ1n) is 15.8. The van der Waals surface area contributed by atoms with Gasteiger partial charge in [-0.25, -0.2) is 0 Å². The Hall–Kier alpha value is -4.53. The van der Waals surface area contributed by atoms with E-state index in [1.54, 1.807) is 6.92 Å². The molecule has 0 aromatic carbocycles. The van der Waals surface area contributed by atoms with Gasteiger partial charge in [-0.15, -0.1) is 0 Å². The van der Waals surface area contributed by atoms with E-state index < -0.39 is 11.9 Å². The van der Waals surface area contributed by atoms with E-state index in [1.165, 1.54) is 18.2 Å². The molecule has 0 radical (unpaired) electrons.